The molecule has 0 radical (unpaired) electrons. The Morgan fingerprint density at radius 2 is 2.33 bits per heavy atom. The van der Waals surface area contributed by atoms with Crippen LogP contribution in [0.5, 0.6) is 0 Å². The van der Waals surface area contributed by atoms with Gasteiger partial charge in [0, 0.05) is 6.08 Å². The third-order valence-electron chi connectivity index (χ3n) is 2.40. The van der Waals surface area contributed by atoms with Crippen LogP contribution in [0, 0.1) is 0 Å². The molecule has 0 saturated heterocycles. The molecule has 0 aliphatic heterocycles. The molecule has 0 bridgehead atoms. The maximum Gasteiger partial charge on any atom is 0.326 e. The van der Waals surface area contributed by atoms with Crippen molar-refractivity contribution in [2.24, 2.45) is 0 Å². The zero-order valence-corrected chi connectivity index (χ0v) is 10.3. The lowest BCUT2D eigenvalue weighted by Crippen LogP contribution is -2.39. The van der Waals surface area contributed by atoms with Crippen LogP contribution in [0.15, 0.2) is 28.9 Å². The molecule has 0 aliphatic rings. The van der Waals surface area contributed by atoms with E-state index in [2.05, 4.69) is 5.32 Å². The standard InChI is InChI=1S/C13H17NO4/c1-2-3-6-11(13(16)17)14-12(15)8-7-10-5-4-9-18-10/h4-5,7-9,11H,2-3,6H2,1H3,(H,14,15)(H,16,17)/b8-7+. The number of nitrogens with one attached hydrogen (secondary N) is 1. The van der Waals surface area contributed by atoms with Crippen LogP contribution in [0.4, 0.5) is 0 Å². The number of rotatable bonds is 7. The first-order chi connectivity index (χ1) is 8.63. The molecule has 1 heterocycles. The maximum absolute atomic E-state index is 11.5. The Morgan fingerprint density at radius 3 is 2.89 bits per heavy atom. The van der Waals surface area contributed by atoms with E-state index in [1.54, 1.807) is 12.1 Å². The average molecular weight is 251 g/mol. The summed E-state index contributed by atoms with van der Waals surface area (Å²) in [6.07, 6.45) is 6.35. The first kappa shape index (κ1) is 14.0. The van der Waals surface area contributed by atoms with Gasteiger partial charge in [0.1, 0.15) is 11.8 Å². The molecule has 5 heteroatoms. The molecular formula is C13H17NO4. The van der Waals surface area contributed by atoms with E-state index < -0.39 is 17.9 Å². The van der Waals surface area contributed by atoms with Crippen molar-refractivity contribution in [3.63, 3.8) is 0 Å². The van der Waals surface area contributed by atoms with Gasteiger partial charge in [-0.1, -0.05) is 19.8 Å². The highest BCUT2D eigenvalue weighted by atomic mass is 16.4. The third kappa shape index (κ3) is 4.86. The summed E-state index contributed by atoms with van der Waals surface area (Å²) >= 11 is 0. The molecule has 1 atom stereocenters. The summed E-state index contributed by atoms with van der Waals surface area (Å²) in [7, 11) is 0. The van der Waals surface area contributed by atoms with Gasteiger partial charge < -0.3 is 14.8 Å². The summed E-state index contributed by atoms with van der Waals surface area (Å²) in [5, 5.41) is 11.4. The Hall–Kier alpha value is -2.04. The number of unbranched alkanes of at least 4 members (excludes halogenated alkanes) is 1. The molecule has 0 aromatic carbocycles. The minimum absolute atomic E-state index is 0.435. The number of hydrogen-bond donors (Lipinski definition) is 2. The lowest BCUT2D eigenvalue weighted by molar-refractivity contribution is -0.141. The van der Waals surface area contributed by atoms with Gasteiger partial charge >= 0.3 is 5.97 Å². The Bertz CT molecular complexity index is 409. The molecular weight excluding hydrogens is 234 g/mol. The number of carbonyl (C=O) groups is 2. The maximum atomic E-state index is 11.5. The van der Waals surface area contributed by atoms with Crippen LogP contribution in [-0.4, -0.2) is 23.0 Å². The van der Waals surface area contributed by atoms with Gasteiger partial charge in [0.05, 0.1) is 6.26 Å². The second-order valence-electron chi connectivity index (χ2n) is 3.89. The van der Waals surface area contributed by atoms with E-state index in [0.29, 0.717) is 12.2 Å². The Morgan fingerprint density at radius 1 is 1.56 bits per heavy atom. The molecule has 0 spiro atoms. The molecule has 2 N–H and O–H groups in total. The third-order valence-corrected chi connectivity index (χ3v) is 2.40. The molecule has 98 valence electrons. The van der Waals surface area contributed by atoms with Crippen molar-refractivity contribution in [2.75, 3.05) is 0 Å². The average Bonchev–Trinajstić information content (AvgIpc) is 2.84. The smallest absolute Gasteiger partial charge is 0.326 e. The van der Waals surface area contributed by atoms with E-state index in [-0.39, 0.29) is 0 Å². The molecule has 5 nitrogen and oxygen atoms in total. The lowest BCUT2D eigenvalue weighted by Gasteiger charge is -2.12. The zero-order valence-electron chi connectivity index (χ0n) is 10.3. The lowest BCUT2D eigenvalue weighted by atomic mass is 10.1. The highest BCUT2D eigenvalue weighted by Gasteiger charge is 2.17. The molecule has 1 rings (SSSR count). The fourth-order valence-electron chi connectivity index (χ4n) is 1.43. The van der Waals surface area contributed by atoms with Crippen molar-refractivity contribution >= 4 is 18.0 Å². The molecule has 0 saturated carbocycles. The van der Waals surface area contributed by atoms with E-state index >= 15 is 0 Å². The largest absolute Gasteiger partial charge is 0.480 e. The number of carbonyl (C=O) groups excluding carboxylic acids is 1. The first-order valence-corrected chi connectivity index (χ1v) is 5.88. The van der Waals surface area contributed by atoms with Crippen molar-refractivity contribution in [3.05, 3.63) is 30.2 Å². The van der Waals surface area contributed by atoms with Crippen molar-refractivity contribution < 1.29 is 19.1 Å². The number of carboxylic acid groups (broad SMARTS) is 1. The monoisotopic (exact) mass is 251 g/mol. The van der Waals surface area contributed by atoms with Gasteiger partial charge in [-0.3, -0.25) is 4.79 Å². The van der Waals surface area contributed by atoms with Crippen molar-refractivity contribution in [2.45, 2.75) is 32.2 Å². The molecule has 18 heavy (non-hydrogen) atoms. The molecule has 1 unspecified atom stereocenters. The van der Waals surface area contributed by atoms with E-state index in [9.17, 15) is 9.59 Å². The summed E-state index contributed by atoms with van der Waals surface area (Å²) in [6, 6.07) is 2.58. The van der Waals surface area contributed by atoms with Crippen LogP contribution in [-0.2, 0) is 9.59 Å². The fraction of sp³-hybridized carbons (Fsp3) is 0.385. The van der Waals surface area contributed by atoms with Gasteiger partial charge in [0.15, 0.2) is 0 Å². The Labute approximate surface area is 105 Å². The van der Waals surface area contributed by atoms with Crippen LogP contribution in [0.2, 0.25) is 0 Å². The predicted octanol–water partition coefficient (Wildman–Crippen LogP) is 2.05. The quantitative estimate of drug-likeness (QED) is 0.727. The fourth-order valence-corrected chi connectivity index (χ4v) is 1.43. The SMILES string of the molecule is CCCCC(NC(=O)/C=C/c1ccco1)C(=O)O. The first-order valence-electron chi connectivity index (χ1n) is 5.88. The topological polar surface area (TPSA) is 79.5 Å². The van der Waals surface area contributed by atoms with Crippen molar-refractivity contribution in [3.8, 4) is 0 Å². The van der Waals surface area contributed by atoms with Crippen LogP contribution in [0.1, 0.15) is 31.9 Å². The predicted molar refractivity (Wildman–Crippen MR) is 66.8 cm³/mol. The summed E-state index contributed by atoms with van der Waals surface area (Å²) in [5.41, 5.74) is 0. The summed E-state index contributed by atoms with van der Waals surface area (Å²) in [5.74, 6) is -0.899. The van der Waals surface area contributed by atoms with Crippen LogP contribution < -0.4 is 5.32 Å². The Kier molecular flexibility index (Phi) is 5.70. The number of carboxylic acids is 1. The number of amides is 1. The summed E-state index contributed by atoms with van der Waals surface area (Å²) < 4.78 is 5.02. The van der Waals surface area contributed by atoms with Gasteiger partial charge in [-0.25, -0.2) is 4.79 Å². The second kappa shape index (κ2) is 7.32. The number of hydrogen-bond acceptors (Lipinski definition) is 3. The van der Waals surface area contributed by atoms with Crippen molar-refractivity contribution in [1.29, 1.82) is 0 Å². The van der Waals surface area contributed by atoms with E-state index in [4.69, 9.17) is 9.52 Å². The summed E-state index contributed by atoms with van der Waals surface area (Å²) in [4.78, 5) is 22.4. The van der Waals surface area contributed by atoms with E-state index in [1.165, 1.54) is 18.4 Å². The minimum Gasteiger partial charge on any atom is -0.480 e. The molecule has 0 aliphatic carbocycles. The van der Waals surface area contributed by atoms with Gasteiger partial charge in [0.2, 0.25) is 5.91 Å². The molecule has 1 amide bonds. The van der Waals surface area contributed by atoms with E-state index in [0.717, 1.165) is 12.8 Å². The van der Waals surface area contributed by atoms with E-state index in [1.807, 2.05) is 6.92 Å². The van der Waals surface area contributed by atoms with Crippen LogP contribution in [0.3, 0.4) is 0 Å². The molecule has 1 aromatic heterocycles. The van der Waals surface area contributed by atoms with Gasteiger partial charge in [0.25, 0.3) is 0 Å². The Balaban J connectivity index is 2.48. The summed E-state index contributed by atoms with van der Waals surface area (Å²) in [6.45, 7) is 1.97. The second-order valence-corrected chi connectivity index (χ2v) is 3.89. The van der Waals surface area contributed by atoms with Crippen molar-refractivity contribution in [1.82, 2.24) is 5.32 Å². The highest BCUT2D eigenvalue weighted by Crippen LogP contribution is 2.03. The van der Waals surface area contributed by atoms with Crippen LogP contribution in [0.25, 0.3) is 6.08 Å². The number of aliphatic carboxylic acids is 1. The molecule has 1 aromatic rings. The normalized spacial score (nSPS) is 12.5. The van der Waals surface area contributed by atoms with Crippen LogP contribution >= 0.6 is 0 Å². The van der Waals surface area contributed by atoms with Gasteiger partial charge in [-0.15, -0.1) is 0 Å². The van der Waals surface area contributed by atoms with Gasteiger partial charge in [-0.05, 0) is 24.6 Å². The highest BCUT2D eigenvalue weighted by molar-refractivity contribution is 5.94. The minimum atomic E-state index is -1.01. The zero-order chi connectivity index (χ0) is 13.4. The molecule has 0 fully saturated rings. The van der Waals surface area contributed by atoms with Gasteiger partial charge in [-0.2, -0.15) is 0 Å². The number of furan rings is 1.